The Balaban J connectivity index is 1.86. The van der Waals surface area contributed by atoms with E-state index in [1.165, 1.54) is 6.07 Å². The highest BCUT2D eigenvalue weighted by molar-refractivity contribution is 5.99. The van der Waals surface area contributed by atoms with Crippen LogP contribution in [0.5, 0.6) is 0 Å². The third-order valence-corrected chi connectivity index (χ3v) is 2.95. The van der Waals surface area contributed by atoms with E-state index in [0.29, 0.717) is 6.54 Å². The van der Waals surface area contributed by atoms with E-state index in [1.807, 2.05) is 30.3 Å². The van der Waals surface area contributed by atoms with Gasteiger partial charge < -0.3 is 15.7 Å². The summed E-state index contributed by atoms with van der Waals surface area (Å²) >= 11 is 0. The average molecular weight is 284 g/mol. The van der Waals surface area contributed by atoms with E-state index in [0.717, 1.165) is 12.0 Å². The number of hydrogen-bond donors (Lipinski definition) is 3. The van der Waals surface area contributed by atoms with Crippen LogP contribution >= 0.6 is 0 Å². The van der Waals surface area contributed by atoms with Crippen molar-refractivity contribution >= 4 is 17.7 Å². The van der Waals surface area contributed by atoms with Crippen LogP contribution in [0.25, 0.3) is 0 Å². The molecule has 0 fully saturated rings. The summed E-state index contributed by atoms with van der Waals surface area (Å²) in [5.41, 5.74) is 1.47. The molecule has 2 amide bonds. The molecule has 0 saturated carbocycles. The standard InChI is InChI=1S/C16H16N2O3/c19-15(20)13-8-4-5-9-14(13)18-16(21)17-11-10-12-6-2-1-3-7-12/h1-9H,10-11H2,(H,19,20)(H2,17,18,21). The number of urea groups is 1. The molecule has 0 aliphatic carbocycles. The van der Waals surface area contributed by atoms with Crippen LogP contribution in [0, 0.1) is 0 Å². The summed E-state index contributed by atoms with van der Waals surface area (Å²) in [4.78, 5) is 22.8. The summed E-state index contributed by atoms with van der Waals surface area (Å²) in [5.74, 6) is -1.07. The van der Waals surface area contributed by atoms with Gasteiger partial charge in [0.15, 0.2) is 0 Å². The lowest BCUT2D eigenvalue weighted by molar-refractivity contribution is 0.0698. The largest absolute Gasteiger partial charge is 0.478 e. The molecule has 21 heavy (non-hydrogen) atoms. The number of amides is 2. The molecule has 0 atom stereocenters. The van der Waals surface area contributed by atoms with Crippen molar-refractivity contribution in [3.05, 3.63) is 65.7 Å². The summed E-state index contributed by atoms with van der Waals surface area (Å²) in [5, 5.41) is 14.3. The number of aromatic carboxylic acids is 1. The van der Waals surface area contributed by atoms with Gasteiger partial charge in [0.1, 0.15) is 0 Å². The molecule has 3 N–H and O–H groups in total. The van der Waals surface area contributed by atoms with E-state index >= 15 is 0 Å². The quantitative estimate of drug-likeness (QED) is 0.790. The van der Waals surface area contributed by atoms with Crippen LogP contribution in [0.3, 0.4) is 0 Å². The molecule has 0 aromatic heterocycles. The Morgan fingerprint density at radius 3 is 2.33 bits per heavy atom. The lowest BCUT2D eigenvalue weighted by atomic mass is 10.1. The maximum atomic E-state index is 11.8. The lowest BCUT2D eigenvalue weighted by Crippen LogP contribution is -2.31. The van der Waals surface area contributed by atoms with Gasteiger partial charge in [0.2, 0.25) is 0 Å². The summed E-state index contributed by atoms with van der Waals surface area (Å²) in [7, 11) is 0. The summed E-state index contributed by atoms with van der Waals surface area (Å²) in [6.45, 7) is 0.477. The minimum absolute atomic E-state index is 0.0655. The molecule has 2 aromatic carbocycles. The molecular formula is C16H16N2O3. The minimum atomic E-state index is -1.07. The van der Waals surface area contributed by atoms with Gasteiger partial charge in [0.25, 0.3) is 0 Å². The number of hydrogen-bond acceptors (Lipinski definition) is 2. The smallest absolute Gasteiger partial charge is 0.337 e. The normalized spacial score (nSPS) is 9.90. The molecule has 2 aromatic rings. The highest BCUT2D eigenvalue weighted by atomic mass is 16.4. The Labute approximate surface area is 122 Å². The monoisotopic (exact) mass is 284 g/mol. The van der Waals surface area contributed by atoms with E-state index in [4.69, 9.17) is 5.11 Å². The zero-order chi connectivity index (χ0) is 15.1. The fourth-order valence-corrected chi connectivity index (χ4v) is 1.91. The second-order valence-electron chi connectivity index (χ2n) is 4.47. The van der Waals surface area contributed by atoms with Crippen molar-refractivity contribution in [3.8, 4) is 0 Å². The number of carboxylic acid groups (broad SMARTS) is 1. The molecule has 5 nitrogen and oxygen atoms in total. The number of benzene rings is 2. The SMILES string of the molecule is O=C(NCCc1ccccc1)Nc1ccccc1C(=O)O. The van der Waals surface area contributed by atoms with Gasteiger partial charge in [-0.2, -0.15) is 0 Å². The fraction of sp³-hybridized carbons (Fsp3) is 0.125. The fourth-order valence-electron chi connectivity index (χ4n) is 1.91. The molecule has 0 spiro atoms. The van der Waals surface area contributed by atoms with E-state index < -0.39 is 12.0 Å². The minimum Gasteiger partial charge on any atom is -0.478 e. The lowest BCUT2D eigenvalue weighted by Gasteiger charge is -2.09. The first-order valence-corrected chi connectivity index (χ1v) is 6.58. The van der Waals surface area contributed by atoms with Crippen molar-refractivity contribution in [1.82, 2.24) is 5.32 Å². The van der Waals surface area contributed by atoms with Crippen LogP contribution in [0.1, 0.15) is 15.9 Å². The first-order chi connectivity index (χ1) is 10.2. The zero-order valence-corrected chi connectivity index (χ0v) is 11.4. The Morgan fingerprint density at radius 1 is 0.952 bits per heavy atom. The van der Waals surface area contributed by atoms with E-state index in [9.17, 15) is 9.59 Å². The highest BCUT2D eigenvalue weighted by Gasteiger charge is 2.10. The molecule has 0 radical (unpaired) electrons. The number of carbonyl (C=O) groups is 2. The van der Waals surface area contributed by atoms with Gasteiger partial charge in [-0.15, -0.1) is 0 Å². The van der Waals surface area contributed by atoms with Crippen LogP contribution < -0.4 is 10.6 Å². The van der Waals surface area contributed by atoms with Crippen LogP contribution in [0.4, 0.5) is 10.5 Å². The molecule has 108 valence electrons. The Morgan fingerprint density at radius 2 is 1.62 bits per heavy atom. The van der Waals surface area contributed by atoms with Gasteiger partial charge in [0, 0.05) is 6.54 Å². The topological polar surface area (TPSA) is 78.4 Å². The number of carbonyl (C=O) groups excluding carboxylic acids is 1. The number of anilines is 1. The number of rotatable bonds is 5. The van der Waals surface area contributed by atoms with Gasteiger partial charge in [0.05, 0.1) is 11.3 Å². The van der Waals surface area contributed by atoms with Crippen molar-refractivity contribution < 1.29 is 14.7 Å². The van der Waals surface area contributed by atoms with Crippen LogP contribution in [0.15, 0.2) is 54.6 Å². The van der Waals surface area contributed by atoms with Gasteiger partial charge in [-0.1, -0.05) is 42.5 Å². The molecule has 0 unspecified atom stereocenters. The second kappa shape index (κ2) is 7.09. The molecule has 0 aliphatic heterocycles. The predicted octanol–water partition coefficient (Wildman–Crippen LogP) is 2.75. The molecular weight excluding hydrogens is 268 g/mol. The van der Waals surface area contributed by atoms with E-state index in [2.05, 4.69) is 10.6 Å². The summed E-state index contributed by atoms with van der Waals surface area (Å²) in [6.07, 6.45) is 0.717. The molecule has 0 saturated heterocycles. The van der Waals surface area contributed by atoms with Crippen LogP contribution in [-0.4, -0.2) is 23.7 Å². The Kier molecular flexibility index (Phi) is 4.93. The van der Waals surface area contributed by atoms with Gasteiger partial charge in [-0.3, -0.25) is 0 Å². The third-order valence-electron chi connectivity index (χ3n) is 2.95. The number of nitrogens with one attached hydrogen (secondary N) is 2. The highest BCUT2D eigenvalue weighted by Crippen LogP contribution is 2.14. The third kappa shape index (κ3) is 4.35. The average Bonchev–Trinajstić information content (AvgIpc) is 2.48. The summed E-state index contributed by atoms with van der Waals surface area (Å²) < 4.78 is 0. The van der Waals surface area contributed by atoms with Crippen molar-refractivity contribution in [3.63, 3.8) is 0 Å². The van der Waals surface area contributed by atoms with Crippen molar-refractivity contribution in [2.75, 3.05) is 11.9 Å². The molecule has 5 heteroatoms. The van der Waals surface area contributed by atoms with E-state index in [-0.39, 0.29) is 11.3 Å². The van der Waals surface area contributed by atoms with E-state index in [1.54, 1.807) is 18.2 Å². The van der Waals surface area contributed by atoms with Crippen molar-refractivity contribution in [2.45, 2.75) is 6.42 Å². The maximum absolute atomic E-state index is 11.8. The van der Waals surface area contributed by atoms with Crippen molar-refractivity contribution in [1.29, 1.82) is 0 Å². The van der Waals surface area contributed by atoms with Gasteiger partial charge >= 0.3 is 12.0 Å². The first kappa shape index (κ1) is 14.6. The Hall–Kier alpha value is -2.82. The Bertz CT molecular complexity index is 626. The second-order valence-corrected chi connectivity index (χ2v) is 4.47. The maximum Gasteiger partial charge on any atom is 0.337 e. The van der Waals surface area contributed by atoms with Gasteiger partial charge in [-0.05, 0) is 24.1 Å². The number of carboxylic acids is 1. The molecule has 2 rings (SSSR count). The molecule has 0 bridgehead atoms. The molecule has 0 aliphatic rings. The van der Waals surface area contributed by atoms with Gasteiger partial charge in [-0.25, -0.2) is 9.59 Å². The van der Waals surface area contributed by atoms with Crippen LogP contribution in [-0.2, 0) is 6.42 Å². The predicted molar refractivity (Wildman–Crippen MR) is 80.6 cm³/mol. The zero-order valence-electron chi connectivity index (χ0n) is 11.4. The first-order valence-electron chi connectivity index (χ1n) is 6.58. The number of para-hydroxylation sites is 1. The van der Waals surface area contributed by atoms with Crippen LogP contribution in [0.2, 0.25) is 0 Å². The van der Waals surface area contributed by atoms with Crippen molar-refractivity contribution in [2.24, 2.45) is 0 Å². The summed E-state index contributed by atoms with van der Waals surface area (Å²) in [6, 6.07) is 15.7. The molecule has 0 heterocycles.